The highest BCUT2D eigenvalue weighted by molar-refractivity contribution is 5.78. The van der Waals surface area contributed by atoms with Crippen LogP contribution in [0.3, 0.4) is 0 Å². The molecule has 3 nitrogen and oxygen atoms in total. The Balaban J connectivity index is 1.59. The summed E-state index contributed by atoms with van der Waals surface area (Å²) < 4.78 is 0. The highest BCUT2D eigenvalue weighted by Gasteiger charge is 2.42. The predicted molar refractivity (Wildman–Crippen MR) is 139 cm³/mol. The second-order valence-electron chi connectivity index (χ2n) is 10.7. The van der Waals surface area contributed by atoms with Crippen LogP contribution in [0.4, 0.5) is 0 Å². The van der Waals surface area contributed by atoms with E-state index in [0.717, 1.165) is 27.8 Å². The zero-order chi connectivity index (χ0) is 25.2. The van der Waals surface area contributed by atoms with Gasteiger partial charge in [0.15, 0.2) is 0 Å². The monoisotopic (exact) mass is 461 g/mol. The van der Waals surface area contributed by atoms with Crippen molar-refractivity contribution in [1.29, 1.82) is 15.8 Å². The number of benzene rings is 4. The summed E-state index contributed by atoms with van der Waals surface area (Å²) in [4.78, 5) is 0. The van der Waals surface area contributed by atoms with Crippen LogP contribution in [0.2, 0.25) is 0 Å². The molecule has 3 heteroatoms. The molecule has 0 radical (unpaired) electrons. The lowest BCUT2D eigenvalue weighted by Gasteiger charge is -2.42. The molecule has 3 aliphatic carbocycles. The Morgan fingerprint density at radius 2 is 1.06 bits per heavy atom. The molecule has 2 bridgehead atoms. The van der Waals surface area contributed by atoms with Crippen LogP contribution < -0.4 is 0 Å². The Labute approximate surface area is 211 Å². The summed E-state index contributed by atoms with van der Waals surface area (Å²) >= 11 is 0. The Bertz CT molecular complexity index is 1630. The third kappa shape index (κ3) is 3.09. The van der Waals surface area contributed by atoms with Gasteiger partial charge in [0.25, 0.3) is 0 Å². The number of hydrogen-bond acceptors (Lipinski definition) is 3. The number of hydrogen-bond donors (Lipinski definition) is 0. The van der Waals surface area contributed by atoms with Gasteiger partial charge in [0, 0.05) is 11.8 Å². The predicted octanol–water partition coefficient (Wildman–Crippen LogP) is 7.25. The average Bonchev–Trinajstić information content (AvgIpc) is 2.90. The third-order valence-corrected chi connectivity index (χ3v) is 7.70. The van der Waals surface area contributed by atoms with E-state index in [0.29, 0.717) is 16.7 Å². The Hall–Kier alpha value is -4.65. The van der Waals surface area contributed by atoms with Gasteiger partial charge in [0.1, 0.15) is 0 Å². The summed E-state index contributed by atoms with van der Waals surface area (Å²) in [5.41, 5.74) is 12.0. The van der Waals surface area contributed by atoms with Crippen molar-refractivity contribution in [1.82, 2.24) is 0 Å². The van der Waals surface area contributed by atoms with Crippen molar-refractivity contribution in [3.8, 4) is 29.3 Å². The van der Waals surface area contributed by atoms with Crippen LogP contribution in [0, 0.1) is 34.0 Å². The van der Waals surface area contributed by atoms with Gasteiger partial charge in [-0.05, 0) is 91.9 Å². The minimum Gasteiger partial charge on any atom is -0.192 e. The van der Waals surface area contributed by atoms with E-state index in [9.17, 15) is 15.8 Å². The molecule has 0 unspecified atom stereocenters. The maximum Gasteiger partial charge on any atom is 0.0998 e. The third-order valence-electron chi connectivity index (χ3n) is 7.70. The maximum atomic E-state index is 10.2. The zero-order valence-electron chi connectivity index (χ0n) is 20.4. The molecule has 0 aromatic heterocycles. The lowest BCUT2D eigenvalue weighted by atomic mass is 9.60. The van der Waals surface area contributed by atoms with E-state index in [1.807, 2.05) is 30.3 Å². The van der Waals surface area contributed by atoms with Gasteiger partial charge in [-0.3, -0.25) is 0 Å². The minimum absolute atomic E-state index is 0.00386. The molecule has 4 aromatic carbocycles. The average molecular weight is 462 g/mol. The number of rotatable bonds is 1. The largest absolute Gasteiger partial charge is 0.192 e. The van der Waals surface area contributed by atoms with Crippen molar-refractivity contribution in [2.75, 3.05) is 0 Å². The van der Waals surface area contributed by atoms with Gasteiger partial charge in [0.2, 0.25) is 0 Å². The highest BCUT2D eigenvalue weighted by atomic mass is 14.4. The molecule has 3 aliphatic rings. The van der Waals surface area contributed by atoms with E-state index in [2.05, 4.69) is 81.4 Å². The molecule has 170 valence electrons. The van der Waals surface area contributed by atoms with Crippen molar-refractivity contribution in [3.63, 3.8) is 0 Å². The van der Waals surface area contributed by atoms with Crippen LogP contribution in [0.15, 0.2) is 72.8 Å². The first-order chi connectivity index (χ1) is 17.3. The van der Waals surface area contributed by atoms with Crippen molar-refractivity contribution in [2.45, 2.75) is 38.0 Å². The Morgan fingerprint density at radius 3 is 1.56 bits per heavy atom. The minimum atomic E-state index is -0.110. The van der Waals surface area contributed by atoms with Crippen LogP contribution in [0.1, 0.15) is 88.2 Å². The van der Waals surface area contributed by atoms with Crippen molar-refractivity contribution >= 4 is 0 Å². The second kappa shape index (κ2) is 7.68. The summed E-state index contributed by atoms with van der Waals surface area (Å²) in [6.45, 7) is 6.59. The first-order valence-corrected chi connectivity index (χ1v) is 12.1. The standard InChI is InChI=1S/C33H23N3/c1-33(2,3)23-8-6-21(7-9-23)26-15-30-29(14-22(26)18-36)32-27-12-19(16-34)4-10-24(27)31(30)25-11-5-20(17-35)13-28(25)32/h4-15,31-32H,1-3H3. The molecule has 0 saturated carbocycles. The van der Waals surface area contributed by atoms with E-state index in [4.69, 9.17) is 0 Å². The summed E-state index contributed by atoms with van der Waals surface area (Å²) in [6, 6.07) is 31.6. The van der Waals surface area contributed by atoms with Gasteiger partial charge in [-0.1, -0.05) is 57.2 Å². The van der Waals surface area contributed by atoms with Gasteiger partial charge in [0.05, 0.1) is 34.9 Å². The fourth-order valence-corrected chi connectivity index (χ4v) is 5.93. The maximum absolute atomic E-state index is 10.2. The SMILES string of the molecule is CC(C)(C)c1ccc(-c2cc3c(cc2C#N)C2c4cc(C#N)ccc4C3c3ccc(C#N)cc32)cc1. The van der Waals surface area contributed by atoms with Crippen molar-refractivity contribution in [2.24, 2.45) is 0 Å². The van der Waals surface area contributed by atoms with E-state index in [1.54, 1.807) is 0 Å². The number of nitriles is 3. The smallest absolute Gasteiger partial charge is 0.0998 e. The summed E-state index contributed by atoms with van der Waals surface area (Å²) in [5.74, 6) is -0.114. The van der Waals surface area contributed by atoms with Gasteiger partial charge >= 0.3 is 0 Å². The molecule has 0 spiro atoms. The number of nitrogens with zero attached hydrogens (tertiary/aromatic N) is 3. The molecule has 7 rings (SSSR count). The molecule has 0 amide bonds. The van der Waals surface area contributed by atoms with Crippen LogP contribution >= 0.6 is 0 Å². The topological polar surface area (TPSA) is 71.4 Å². The quantitative estimate of drug-likeness (QED) is 0.259. The summed E-state index contributed by atoms with van der Waals surface area (Å²) in [6.07, 6.45) is 0. The lowest BCUT2D eigenvalue weighted by Crippen LogP contribution is -2.28. The first kappa shape index (κ1) is 21.9. The van der Waals surface area contributed by atoms with E-state index >= 15 is 0 Å². The van der Waals surface area contributed by atoms with Crippen LogP contribution in [-0.4, -0.2) is 0 Å². The molecule has 0 heterocycles. The first-order valence-electron chi connectivity index (χ1n) is 12.1. The molecule has 0 N–H and O–H groups in total. The van der Waals surface area contributed by atoms with Gasteiger partial charge in [-0.15, -0.1) is 0 Å². The molecular formula is C33H23N3. The molecular weight excluding hydrogens is 438 g/mol. The fourth-order valence-electron chi connectivity index (χ4n) is 5.93. The Kier molecular flexibility index (Phi) is 4.66. The lowest BCUT2D eigenvalue weighted by molar-refractivity contribution is 0.590. The molecule has 0 atom stereocenters. The van der Waals surface area contributed by atoms with E-state index in [1.165, 1.54) is 22.3 Å². The molecule has 4 aromatic rings. The van der Waals surface area contributed by atoms with Crippen LogP contribution in [0.5, 0.6) is 0 Å². The van der Waals surface area contributed by atoms with Crippen molar-refractivity contribution < 1.29 is 0 Å². The zero-order valence-corrected chi connectivity index (χ0v) is 20.4. The molecule has 0 saturated heterocycles. The summed E-state index contributed by atoms with van der Waals surface area (Å²) in [7, 11) is 0. The molecule has 0 aliphatic heterocycles. The van der Waals surface area contributed by atoms with E-state index in [-0.39, 0.29) is 17.3 Å². The van der Waals surface area contributed by atoms with Crippen molar-refractivity contribution in [3.05, 3.63) is 128 Å². The fraction of sp³-hybridized carbons (Fsp3) is 0.182. The van der Waals surface area contributed by atoms with E-state index < -0.39 is 0 Å². The molecule has 0 fully saturated rings. The Morgan fingerprint density at radius 1 is 0.556 bits per heavy atom. The van der Waals surface area contributed by atoms with Crippen LogP contribution in [0.25, 0.3) is 11.1 Å². The van der Waals surface area contributed by atoms with Gasteiger partial charge in [-0.2, -0.15) is 15.8 Å². The normalized spacial score (nSPS) is 16.7. The second-order valence-corrected chi connectivity index (χ2v) is 10.7. The summed E-state index contributed by atoms with van der Waals surface area (Å²) in [5, 5.41) is 29.3. The van der Waals surface area contributed by atoms with Crippen LogP contribution in [-0.2, 0) is 5.41 Å². The molecule has 36 heavy (non-hydrogen) atoms. The van der Waals surface area contributed by atoms with Gasteiger partial charge in [-0.25, -0.2) is 0 Å². The van der Waals surface area contributed by atoms with Gasteiger partial charge < -0.3 is 0 Å². The highest BCUT2D eigenvalue weighted by Crippen LogP contribution is 2.56.